The topological polar surface area (TPSA) is 107 Å². The molecular weight excluding hydrogens is 410 g/mol. The molecule has 0 radical (unpaired) electrons. The third kappa shape index (κ3) is 4.35. The molecule has 0 saturated heterocycles. The van der Waals surface area contributed by atoms with Gasteiger partial charge in [-0.05, 0) is 36.4 Å². The first-order chi connectivity index (χ1) is 13.2. The summed E-state index contributed by atoms with van der Waals surface area (Å²) < 4.78 is 10.8. The predicted octanol–water partition coefficient (Wildman–Crippen LogP) is 4.23. The molecule has 0 aliphatic heterocycles. The molecule has 27 heavy (non-hydrogen) atoms. The highest BCUT2D eigenvalue weighted by Crippen LogP contribution is 2.27. The number of anilines is 1. The van der Waals surface area contributed by atoms with Crippen LogP contribution in [0.1, 0.15) is 0 Å². The molecule has 1 aromatic carbocycles. The van der Waals surface area contributed by atoms with Crippen molar-refractivity contribution in [2.75, 3.05) is 11.1 Å². The Balaban J connectivity index is 1.32. The first-order valence-electron chi connectivity index (χ1n) is 7.57. The minimum Gasteiger partial charge on any atom is -0.462 e. The van der Waals surface area contributed by atoms with E-state index in [1.807, 2.05) is 0 Å². The Morgan fingerprint density at radius 2 is 2.00 bits per heavy atom. The molecule has 4 aromatic rings. The Morgan fingerprint density at radius 3 is 2.78 bits per heavy atom. The normalized spacial score (nSPS) is 10.9. The second-order valence-corrected chi connectivity index (χ2v) is 7.45. The van der Waals surface area contributed by atoms with E-state index in [0.717, 1.165) is 17.3 Å². The second-order valence-electron chi connectivity index (χ2n) is 5.11. The van der Waals surface area contributed by atoms with E-state index in [1.54, 1.807) is 42.7 Å². The minimum absolute atomic E-state index is 0.0952. The monoisotopic (exact) mass is 419 g/mol. The average Bonchev–Trinajstić information content (AvgIpc) is 3.42. The van der Waals surface area contributed by atoms with E-state index in [-0.39, 0.29) is 11.7 Å². The molecule has 11 heteroatoms. The molecule has 136 valence electrons. The quantitative estimate of drug-likeness (QED) is 0.462. The molecule has 1 amide bonds. The lowest BCUT2D eigenvalue weighted by Crippen LogP contribution is -2.13. The Hall–Kier alpha value is -2.69. The number of rotatable bonds is 6. The summed E-state index contributed by atoms with van der Waals surface area (Å²) in [6.07, 6.45) is 1.55. The lowest BCUT2D eigenvalue weighted by atomic mass is 10.2. The first-order valence-corrected chi connectivity index (χ1v) is 9.75. The van der Waals surface area contributed by atoms with Crippen molar-refractivity contribution in [2.24, 2.45) is 0 Å². The van der Waals surface area contributed by atoms with Crippen LogP contribution in [0.2, 0.25) is 5.02 Å². The number of amides is 1. The zero-order valence-electron chi connectivity index (χ0n) is 13.5. The molecule has 0 saturated carbocycles. The van der Waals surface area contributed by atoms with E-state index in [9.17, 15) is 4.79 Å². The molecule has 0 aliphatic rings. The lowest BCUT2D eigenvalue weighted by Gasteiger charge is -1.98. The van der Waals surface area contributed by atoms with Crippen LogP contribution in [-0.4, -0.2) is 32.1 Å². The third-order valence-electron chi connectivity index (χ3n) is 3.23. The zero-order valence-corrected chi connectivity index (χ0v) is 15.8. The number of hydrogen-bond donors (Lipinski definition) is 1. The third-order valence-corrected chi connectivity index (χ3v) is 5.15. The maximum absolute atomic E-state index is 12.1. The van der Waals surface area contributed by atoms with E-state index < -0.39 is 0 Å². The number of carbonyl (C=O) groups is 1. The van der Waals surface area contributed by atoms with Crippen LogP contribution in [0.3, 0.4) is 0 Å². The Kier molecular flexibility index (Phi) is 5.19. The van der Waals surface area contributed by atoms with Gasteiger partial charge in [-0.2, -0.15) is 0 Å². The summed E-state index contributed by atoms with van der Waals surface area (Å²) >= 11 is 8.21. The summed E-state index contributed by atoms with van der Waals surface area (Å²) in [6.45, 7) is 0. The van der Waals surface area contributed by atoms with Crippen molar-refractivity contribution < 1.29 is 13.6 Å². The van der Waals surface area contributed by atoms with Crippen LogP contribution >= 0.6 is 34.7 Å². The Labute approximate surface area is 166 Å². The highest BCUT2D eigenvalue weighted by atomic mass is 35.5. The van der Waals surface area contributed by atoms with Gasteiger partial charge in [-0.25, -0.2) is 0 Å². The fourth-order valence-corrected chi connectivity index (χ4v) is 3.45. The van der Waals surface area contributed by atoms with Gasteiger partial charge in [-0.3, -0.25) is 10.1 Å². The maximum atomic E-state index is 12.1. The number of hydrogen-bond acceptors (Lipinski definition) is 9. The van der Waals surface area contributed by atoms with Crippen molar-refractivity contribution in [1.82, 2.24) is 20.4 Å². The van der Waals surface area contributed by atoms with Crippen LogP contribution in [0.25, 0.3) is 22.2 Å². The number of nitrogens with zero attached hydrogens (tertiary/aromatic N) is 4. The number of thioether (sulfide) groups is 1. The van der Waals surface area contributed by atoms with Crippen molar-refractivity contribution in [1.29, 1.82) is 0 Å². The van der Waals surface area contributed by atoms with Gasteiger partial charge in [0.2, 0.25) is 16.9 Å². The van der Waals surface area contributed by atoms with Crippen molar-refractivity contribution in [2.45, 2.75) is 5.22 Å². The van der Waals surface area contributed by atoms with Gasteiger partial charge in [0, 0.05) is 10.6 Å². The number of benzene rings is 1. The number of aromatic nitrogens is 4. The molecule has 0 unspecified atom stereocenters. The van der Waals surface area contributed by atoms with E-state index in [4.69, 9.17) is 20.4 Å². The fourth-order valence-electron chi connectivity index (χ4n) is 2.03. The first kappa shape index (κ1) is 17.7. The summed E-state index contributed by atoms with van der Waals surface area (Å²) in [5.74, 6) is 0.802. The van der Waals surface area contributed by atoms with Gasteiger partial charge in [0.05, 0.1) is 12.0 Å². The van der Waals surface area contributed by atoms with Crippen molar-refractivity contribution in [3.8, 4) is 22.2 Å². The van der Waals surface area contributed by atoms with Crippen LogP contribution in [0.15, 0.2) is 56.7 Å². The van der Waals surface area contributed by atoms with Gasteiger partial charge in [-0.15, -0.1) is 20.4 Å². The molecule has 0 fully saturated rings. The van der Waals surface area contributed by atoms with E-state index in [1.165, 1.54) is 11.3 Å². The summed E-state index contributed by atoms with van der Waals surface area (Å²) in [7, 11) is 0. The number of furan rings is 1. The molecule has 0 bridgehead atoms. The average molecular weight is 420 g/mol. The van der Waals surface area contributed by atoms with Gasteiger partial charge in [0.1, 0.15) is 0 Å². The number of nitrogens with one attached hydrogen (secondary N) is 1. The van der Waals surface area contributed by atoms with Gasteiger partial charge < -0.3 is 8.83 Å². The van der Waals surface area contributed by atoms with Crippen LogP contribution in [0, 0.1) is 0 Å². The van der Waals surface area contributed by atoms with E-state index >= 15 is 0 Å². The highest BCUT2D eigenvalue weighted by molar-refractivity contribution is 7.99. The SMILES string of the molecule is O=C(CSc1nnc(-c2ccc(Cl)cc2)o1)Nc1nnc(-c2ccco2)s1. The van der Waals surface area contributed by atoms with Crippen molar-refractivity contribution in [3.05, 3.63) is 47.7 Å². The smallest absolute Gasteiger partial charge is 0.277 e. The van der Waals surface area contributed by atoms with Gasteiger partial charge in [0.15, 0.2) is 10.8 Å². The molecule has 0 aliphatic carbocycles. The van der Waals surface area contributed by atoms with Crippen LogP contribution in [0.5, 0.6) is 0 Å². The number of halogens is 1. The molecule has 3 aromatic heterocycles. The number of carbonyl (C=O) groups excluding carboxylic acids is 1. The van der Waals surface area contributed by atoms with Gasteiger partial charge in [0.25, 0.3) is 5.22 Å². The standard InChI is InChI=1S/C16H10ClN5O3S2/c17-10-5-3-9(4-6-10)13-19-22-16(25-13)26-8-12(23)18-15-21-20-14(27-15)11-2-1-7-24-11/h1-7H,8H2,(H,18,21,23). The molecule has 3 heterocycles. The Bertz CT molecular complexity index is 1050. The summed E-state index contributed by atoms with van der Waals surface area (Å²) in [4.78, 5) is 12.1. The van der Waals surface area contributed by atoms with E-state index in [2.05, 4.69) is 25.7 Å². The van der Waals surface area contributed by atoms with Gasteiger partial charge >= 0.3 is 0 Å². The van der Waals surface area contributed by atoms with Crippen molar-refractivity contribution in [3.63, 3.8) is 0 Å². The minimum atomic E-state index is -0.256. The summed E-state index contributed by atoms with van der Waals surface area (Å²) in [6, 6.07) is 10.6. The predicted molar refractivity (Wildman–Crippen MR) is 102 cm³/mol. The van der Waals surface area contributed by atoms with Crippen LogP contribution in [0.4, 0.5) is 5.13 Å². The fraction of sp³-hybridized carbons (Fsp3) is 0.0625. The van der Waals surface area contributed by atoms with Gasteiger partial charge in [-0.1, -0.05) is 34.7 Å². The lowest BCUT2D eigenvalue weighted by molar-refractivity contribution is -0.113. The van der Waals surface area contributed by atoms with Crippen LogP contribution < -0.4 is 5.32 Å². The maximum Gasteiger partial charge on any atom is 0.277 e. The molecule has 0 spiro atoms. The summed E-state index contributed by atoms with van der Waals surface area (Å²) in [5, 5.41) is 20.4. The molecule has 8 nitrogen and oxygen atoms in total. The molecule has 0 atom stereocenters. The molecular formula is C16H10ClN5O3S2. The largest absolute Gasteiger partial charge is 0.462 e. The van der Waals surface area contributed by atoms with Crippen molar-refractivity contribution >= 4 is 45.7 Å². The Morgan fingerprint density at radius 1 is 1.15 bits per heavy atom. The molecule has 1 N–H and O–H groups in total. The van der Waals surface area contributed by atoms with Crippen LogP contribution in [-0.2, 0) is 4.79 Å². The molecule has 4 rings (SSSR count). The highest BCUT2D eigenvalue weighted by Gasteiger charge is 2.14. The zero-order chi connectivity index (χ0) is 18.6. The second kappa shape index (κ2) is 7.91. The van der Waals surface area contributed by atoms with E-state index in [0.29, 0.717) is 32.0 Å². The summed E-state index contributed by atoms with van der Waals surface area (Å²) in [5.41, 5.74) is 0.752.